The predicted molar refractivity (Wildman–Crippen MR) is 142 cm³/mol. The van der Waals surface area contributed by atoms with Gasteiger partial charge in [0, 0.05) is 21.5 Å². The zero-order chi connectivity index (χ0) is 24.7. The van der Waals surface area contributed by atoms with Gasteiger partial charge in [-0.25, -0.2) is 0 Å². The molecule has 172 valence electrons. The topological polar surface area (TPSA) is 99.8 Å². The van der Waals surface area contributed by atoms with Crippen LogP contribution in [-0.4, -0.2) is 23.0 Å². The van der Waals surface area contributed by atoms with Crippen LogP contribution in [0.15, 0.2) is 101 Å². The van der Waals surface area contributed by atoms with Crippen molar-refractivity contribution >= 4 is 34.0 Å². The number of fused-ring (bicyclic) bond motifs is 1. The molecule has 2 aromatic carbocycles. The van der Waals surface area contributed by atoms with Gasteiger partial charge in [0.1, 0.15) is 0 Å². The van der Waals surface area contributed by atoms with Crippen LogP contribution in [-0.2, 0) is 0 Å². The second kappa shape index (κ2) is 11.4. The molecule has 4 rings (SSSR count). The highest BCUT2D eigenvalue weighted by Crippen LogP contribution is 2.31. The van der Waals surface area contributed by atoms with Crippen molar-refractivity contribution in [2.45, 2.75) is 13.3 Å². The number of benzene rings is 2. The normalized spacial score (nSPS) is 13.1. The molecule has 6 heteroatoms. The average molecular weight is 472 g/mol. The number of carbonyl (C=O) groups excluding carboxylic acids is 1. The van der Waals surface area contributed by atoms with E-state index in [9.17, 15) is 9.59 Å². The first kappa shape index (κ1) is 24.8. The summed E-state index contributed by atoms with van der Waals surface area (Å²) in [7, 11) is 0. The zero-order valence-electron chi connectivity index (χ0n) is 18.9. The average Bonchev–Trinajstić information content (AvgIpc) is 2.84. The molecular formula is C28H26ClN3O2. The number of hydrogen-bond donors (Lipinski definition) is 3. The lowest BCUT2D eigenvalue weighted by Gasteiger charge is -2.12. The fourth-order valence-corrected chi connectivity index (χ4v) is 3.55. The minimum atomic E-state index is -0.460. The number of rotatable bonds is 5. The van der Waals surface area contributed by atoms with Gasteiger partial charge in [-0.05, 0) is 66.1 Å². The molecule has 0 radical (unpaired) electrons. The van der Waals surface area contributed by atoms with Gasteiger partial charge >= 0.3 is 0 Å². The lowest BCUT2D eigenvalue weighted by molar-refractivity contribution is 0.104. The fraction of sp³-hybridized carbons (Fsp3) is 0.107. The smallest absolute Gasteiger partial charge is 0.260 e. The Morgan fingerprint density at radius 3 is 2.53 bits per heavy atom. The zero-order valence-corrected chi connectivity index (χ0v) is 19.7. The first-order valence-electron chi connectivity index (χ1n) is 10.9. The van der Waals surface area contributed by atoms with E-state index in [1.165, 1.54) is 6.08 Å². The third kappa shape index (κ3) is 5.76. The molecule has 0 aliphatic heterocycles. The van der Waals surface area contributed by atoms with Crippen molar-refractivity contribution in [3.8, 4) is 11.1 Å². The van der Waals surface area contributed by atoms with Crippen molar-refractivity contribution in [2.24, 2.45) is 5.73 Å². The second-order valence-corrected chi connectivity index (χ2v) is 8.10. The maximum atomic E-state index is 13.1. The molecule has 0 saturated carbocycles. The molecule has 5 nitrogen and oxygen atoms in total. The van der Waals surface area contributed by atoms with Gasteiger partial charge in [-0.15, -0.1) is 0 Å². The van der Waals surface area contributed by atoms with Crippen molar-refractivity contribution in [3.05, 3.63) is 118 Å². The van der Waals surface area contributed by atoms with Crippen LogP contribution < -0.4 is 11.3 Å². The Kier molecular flexibility index (Phi) is 8.30. The van der Waals surface area contributed by atoms with E-state index in [-0.39, 0.29) is 5.56 Å². The second-order valence-electron chi connectivity index (χ2n) is 7.66. The highest BCUT2D eigenvalue weighted by atomic mass is 35.5. The summed E-state index contributed by atoms with van der Waals surface area (Å²) in [5, 5.41) is 8.91. The van der Waals surface area contributed by atoms with Gasteiger partial charge in [0.25, 0.3) is 5.56 Å². The van der Waals surface area contributed by atoms with Crippen molar-refractivity contribution < 1.29 is 4.79 Å². The van der Waals surface area contributed by atoms with Gasteiger partial charge in [-0.1, -0.05) is 67.6 Å². The number of aromatic nitrogens is 1. The Bertz CT molecular complexity index is 1390. The van der Waals surface area contributed by atoms with Gasteiger partial charge in [0.15, 0.2) is 5.78 Å². The van der Waals surface area contributed by atoms with Crippen LogP contribution in [0, 0.1) is 5.41 Å². The molecule has 1 aliphatic rings. The van der Waals surface area contributed by atoms with Gasteiger partial charge in [0.05, 0.1) is 11.3 Å². The standard InChI is InChI=1S/C25H17ClN2O2.C3H9N/c1-15-13-16(7-10-20(15)27)8-12-22(29)24-23(17-5-3-2-4-6-17)19-14-18(26)9-11-21(19)28-25(24)30;1-2-3-4/h2-14,27H,1H2,(H,28,30);2-4H2,1H3/b12-8+,27-20?;. The molecule has 3 aromatic rings. The summed E-state index contributed by atoms with van der Waals surface area (Å²) < 4.78 is 0. The van der Waals surface area contributed by atoms with Crippen molar-refractivity contribution in [1.82, 2.24) is 4.98 Å². The number of H-pyrrole nitrogens is 1. The lowest BCUT2D eigenvalue weighted by Crippen LogP contribution is -2.18. The number of aromatic amines is 1. The Morgan fingerprint density at radius 2 is 1.88 bits per heavy atom. The number of nitrogens with one attached hydrogen (secondary N) is 2. The molecule has 4 N–H and O–H groups in total. The first-order valence-corrected chi connectivity index (χ1v) is 11.2. The number of halogens is 1. The van der Waals surface area contributed by atoms with Crippen LogP contribution >= 0.6 is 11.6 Å². The number of pyridine rings is 1. The minimum Gasteiger partial charge on any atom is -0.330 e. The monoisotopic (exact) mass is 471 g/mol. The van der Waals surface area contributed by atoms with E-state index in [0.717, 1.165) is 24.1 Å². The Morgan fingerprint density at radius 1 is 1.18 bits per heavy atom. The summed E-state index contributed by atoms with van der Waals surface area (Å²) in [6, 6.07) is 14.5. The predicted octanol–water partition coefficient (Wildman–Crippen LogP) is 6.01. The van der Waals surface area contributed by atoms with E-state index in [1.54, 1.807) is 42.5 Å². The molecule has 0 atom stereocenters. The summed E-state index contributed by atoms with van der Waals surface area (Å²) in [4.78, 5) is 28.8. The lowest BCUT2D eigenvalue weighted by atomic mass is 9.93. The molecule has 1 aliphatic carbocycles. The molecule has 0 unspecified atom stereocenters. The van der Waals surface area contributed by atoms with E-state index in [4.69, 9.17) is 22.7 Å². The van der Waals surface area contributed by atoms with Crippen LogP contribution in [0.25, 0.3) is 22.0 Å². The van der Waals surface area contributed by atoms with Crippen LogP contribution in [0.2, 0.25) is 5.02 Å². The Labute approximate surface area is 203 Å². The number of hydrogen-bond acceptors (Lipinski definition) is 4. The van der Waals surface area contributed by atoms with E-state index < -0.39 is 11.3 Å². The van der Waals surface area contributed by atoms with Crippen LogP contribution in [0.4, 0.5) is 0 Å². The maximum Gasteiger partial charge on any atom is 0.260 e. The summed E-state index contributed by atoms with van der Waals surface area (Å²) in [6.45, 7) is 6.68. The third-order valence-electron chi connectivity index (χ3n) is 5.13. The molecule has 0 fully saturated rings. The van der Waals surface area contributed by atoms with E-state index in [2.05, 4.69) is 18.5 Å². The Hall–Kier alpha value is -3.80. The van der Waals surface area contributed by atoms with E-state index in [0.29, 0.717) is 32.8 Å². The number of ketones is 1. The first-order chi connectivity index (χ1) is 16.3. The SMILES string of the molecule is C=C1C=C(/C=C/C(=O)c2c(-c3ccccc3)c3cc(Cl)ccc3[nH]c2=O)C=CC1=N.CCCN. The van der Waals surface area contributed by atoms with E-state index >= 15 is 0 Å². The van der Waals surface area contributed by atoms with E-state index in [1.807, 2.05) is 30.3 Å². The summed E-state index contributed by atoms with van der Waals surface area (Å²) in [6.07, 6.45) is 9.14. The molecule has 1 aromatic heterocycles. The molecular weight excluding hydrogens is 446 g/mol. The molecule has 0 spiro atoms. The van der Waals surface area contributed by atoms with Gasteiger partial charge < -0.3 is 16.1 Å². The van der Waals surface area contributed by atoms with Gasteiger partial charge in [-0.2, -0.15) is 0 Å². The van der Waals surface area contributed by atoms with Crippen LogP contribution in [0.1, 0.15) is 23.7 Å². The summed E-state index contributed by atoms with van der Waals surface area (Å²) >= 11 is 6.21. The van der Waals surface area contributed by atoms with Crippen molar-refractivity contribution in [2.75, 3.05) is 6.54 Å². The van der Waals surface area contributed by atoms with Crippen LogP contribution in [0.3, 0.4) is 0 Å². The van der Waals surface area contributed by atoms with Crippen molar-refractivity contribution in [1.29, 1.82) is 5.41 Å². The number of carbonyl (C=O) groups is 1. The van der Waals surface area contributed by atoms with Crippen LogP contribution in [0.5, 0.6) is 0 Å². The molecule has 0 amide bonds. The molecule has 0 saturated heterocycles. The van der Waals surface area contributed by atoms with Crippen molar-refractivity contribution in [3.63, 3.8) is 0 Å². The minimum absolute atomic E-state index is 0.0548. The largest absolute Gasteiger partial charge is 0.330 e. The highest BCUT2D eigenvalue weighted by molar-refractivity contribution is 6.31. The molecule has 34 heavy (non-hydrogen) atoms. The quantitative estimate of drug-likeness (QED) is 0.313. The third-order valence-corrected chi connectivity index (χ3v) is 5.37. The highest BCUT2D eigenvalue weighted by Gasteiger charge is 2.19. The Balaban J connectivity index is 0.000000751. The molecule has 0 bridgehead atoms. The number of allylic oxidation sites excluding steroid dienone is 7. The van der Waals surface area contributed by atoms with Gasteiger partial charge in [-0.3, -0.25) is 9.59 Å². The summed E-state index contributed by atoms with van der Waals surface area (Å²) in [5.74, 6) is -0.419. The fourth-order valence-electron chi connectivity index (χ4n) is 3.38. The summed E-state index contributed by atoms with van der Waals surface area (Å²) in [5.41, 5.74) is 8.15. The maximum absolute atomic E-state index is 13.1. The molecule has 1 heterocycles. The number of nitrogens with two attached hydrogens (primary N) is 1. The van der Waals surface area contributed by atoms with Gasteiger partial charge in [0.2, 0.25) is 0 Å².